The number of hydrogen-bond donors (Lipinski definition) is 0. The Morgan fingerprint density at radius 3 is 2.62 bits per heavy atom. The number of nitrogens with zero attached hydrogens (tertiary/aromatic N) is 3. The Morgan fingerprint density at radius 1 is 1.04 bits per heavy atom. The smallest absolute Gasteiger partial charge is 0.255 e. The minimum absolute atomic E-state index is 0.236. The fourth-order valence-electron chi connectivity index (χ4n) is 5.66. The van der Waals surface area contributed by atoms with E-state index in [-0.39, 0.29) is 5.91 Å². The van der Waals surface area contributed by atoms with Crippen molar-refractivity contribution in [3.8, 4) is 0 Å². The number of amides is 1. The number of likely N-dealkylation sites (tertiary alicyclic amines) is 1. The molecule has 1 aromatic heterocycles. The summed E-state index contributed by atoms with van der Waals surface area (Å²) in [5, 5.41) is 0. The van der Waals surface area contributed by atoms with Gasteiger partial charge in [-0.2, -0.15) is 0 Å². The van der Waals surface area contributed by atoms with E-state index in [1.807, 2.05) is 30.1 Å². The molecule has 1 aliphatic carbocycles. The zero-order chi connectivity index (χ0) is 17.7. The molecular weight excluding hydrogens is 322 g/mol. The standard InChI is InChI=1S/C22H27N3O/c1-23-10-9-18(12-23)22(26)25-13-17-7-8-21(25)20-15-24(14-19(17)20)11-16-5-3-2-4-6-16/h2-6,9-10,12,17,19-21H,7-8,11,13-15H2,1H3. The van der Waals surface area contributed by atoms with Gasteiger partial charge in [-0.05, 0) is 42.2 Å². The maximum Gasteiger partial charge on any atom is 0.255 e. The first-order valence-corrected chi connectivity index (χ1v) is 9.88. The number of benzene rings is 1. The molecule has 4 fully saturated rings. The summed E-state index contributed by atoms with van der Waals surface area (Å²) in [5.74, 6) is 2.34. The van der Waals surface area contributed by atoms with Crippen LogP contribution in [0.1, 0.15) is 28.8 Å². The number of carbonyl (C=O) groups is 1. The SMILES string of the molecule is Cn1ccc(C(=O)N2CC3CCC2C2CN(Cc4ccccc4)CC32)c1. The van der Waals surface area contributed by atoms with Crippen molar-refractivity contribution in [1.82, 2.24) is 14.4 Å². The molecule has 0 spiro atoms. The fourth-order valence-corrected chi connectivity index (χ4v) is 5.66. The van der Waals surface area contributed by atoms with E-state index in [1.165, 1.54) is 24.9 Å². The van der Waals surface area contributed by atoms with Gasteiger partial charge in [0.2, 0.25) is 0 Å². The Labute approximate surface area is 155 Å². The van der Waals surface area contributed by atoms with Crippen molar-refractivity contribution in [3.05, 3.63) is 59.9 Å². The minimum Gasteiger partial charge on any atom is -0.356 e. The van der Waals surface area contributed by atoms with Gasteiger partial charge in [-0.15, -0.1) is 0 Å². The first kappa shape index (κ1) is 16.1. The molecule has 136 valence electrons. The highest BCUT2D eigenvalue weighted by molar-refractivity contribution is 5.94. The molecule has 0 radical (unpaired) electrons. The van der Waals surface area contributed by atoms with Gasteiger partial charge in [0.05, 0.1) is 5.56 Å². The highest BCUT2D eigenvalue weighted by Gasteiger charge is 2.52. The normalized spacial score (nSPS) is 30.6. The van der Waals surface area contributed by atoms with Crippen LogP contribution in [-0.4, -0.2) is 46.0 Å². The first-order valence-electron chi connectivity index (χ1n) is 9.88. The van der Waals surface area contributed by atoms with Crippen LogP contribution in [-0.2, 0) is 13.6 Å². The van der Waals surface area contributed by atoms with Gasteiger partial charge in [0.25, 0.3) is 5.91 Å². The molecule has 26 heavy (non-hydrogen) atoms. The first-order chi connectivity index (χ1) is 12.7. The van der Waals surface area contributed by atoms with E-state index in [0.29, 0.717) is 17.9 Å². The van der Waals surface area contributed by atoms with Crippen LogP contribution in [0.15, 0.2) is 48.8 Å². The summed E-state index contributed by atoms with van der Waals surface area (Å²) in [7, 11) is 1.98. The summed E-state index contributed by atoms with van der Waals surface area (Å²) in [6.07, 6.45) is 6.40. The zero-order valence-electron chi connectivity index (χ0n) is 15.4. The summed E-state index contributed by atoms with van der Waals surface area (Å²) in [4.78, 5) is 17.9. The van der Waals surface area contributed by atoms with Crippen LogP contribution >= 0.6 is 0 Å². The number of aryl methyl sites for hydroxylation is 1. The number of rotatable bonds is 3. The second-order valence-electron chi connectivity index (χ2n) is 8.44. The number of hydrogen-bond acceptors (Lipinski definition) is 2. The van der Waals surface area contributed by atoms with Crippen LogP contribution in [0.25, 0.3) is 0 Å². The molecule has 2 bridgehead atoms. The summed E-state index contributed by atoms with van der Waals surface area (Å²) >= 11 is 0. The van der Waals surface area contributed by atoms with Crippen LogP contribution in [0.2, 0.25) is 0 Å². The quantitative estimate of drug-likeness (QED) is 0.852. The molecule has 3 saturated heterocycles. The number of aromatic nitrogens is 1. The van der Waals surface area contributed by atoms with Crippen LogP contribution < -0.4 is 0 Å². The third-order valence-electron chi connectivity index (χ3n) is 6.84. The molecule has 0 N–H and O–H groups in total. The molecule has 4 heterocycles. The molecule has 4 aliphatic rings. The number of fused-ring (bicyclic) bond motifs is 2. The largest absolute Gasteiger partial charge is 0.356 e. The van der Waals surface area contributed by atoms with Crippen LogP contribution in [0.5, 0.6) is 0 Å². The van der Waals surface area contributed by atoms with E-state index in [0.717, 1.165) is 31.1 Å². The summed E-state index contributed by atoms with van der Waals surface area (Å²) < 4.78 is 1.97. The maximum absolute atomic E-state index is 13.1. The number of piperidine rings is 2. The summed E-state index contributed by atoms with van der Waals surface area (Å²) in [5.41, 5.74) is 2.24. The van der Waals surface area contributed by atoms with Gasteiger partial charge in [-0.25, -0.2) is 0 Å². The Morgan fingerprint density at radius 2 is 1.85 bits per heavy atom. The topological polar surface area (TPSA) is 28.5 Å². The van der Waals surface area contributed by atoms with Gasteiger partial charge < -0.3 is 9.47 Å². The van der Waals surface area contributed by atoms with Crippen molar-refractivity contribution < 1.29 is 4.79 Å². The Hall–Kier alpha value is -2.07. The second kappa shape index (κ2) is 6.27. The lowest BCUT2D eigenvalue weighted by Gasteiger charge is -2.52. The average Bonchev–Trinajstić information content (AvgIpc) is 3.29. The monoisotopic (exact) mass is 349 g/mol. The molecule has 4 nitrogen and oxygen atoms in total. The van der Waals surface area contributed by atoms with Gasteiger partial charge in [0.15, 0.2) is 0 Å². The van der Waals surface area contributed by atoms with Gasteiger partial charge in [0.1, 0.15) is 0 Å². The van der Waals surface area contributed by atoms with Crippen molar-refractivity contribution in [1.29, 1.82) is 0 Å². The second-order valence-corrected chi connectivity index (χ2v) is 8.44. The highest BCUT2D eigenvalue weighted by atomic mass is 16.2. The van der Waals surface area contributed by atoms with E-state index < -0.39 is 0 Å². The van der Waals surface area contributed by atoms with Gasteiger partial charge in [-0.1, -0.05) is 30.3 Å². The van der Waals surface area contributed by atoms with E-state index >= 15 is 0 Å². The minimum atomic E-state index is 0.236. The van der Waals surface area contributed by atoms with Gasteiger partial charge >= 0.3 is 0 Å². The lowest BCUT2D eigenvalue weighted by atomic mass is 9.66. The van der Waals surface area contributed by atoms with Crippen LogP contribution in [0, 0.1) is 17.8 Å². The highest BCUT2D eigenvalue weighted by Crippen LogP contribution is 2.47. The third kappa shape index (κ3) is 2.67. The van der Waals surface area contributed by atoms with Crippen molar-refractivity contribution >= 4 is 5.91 Å². The predicted molar refractivity (Wildman–Crippen MR) is 102 cm³/mol. The van der Waals surface area contributed by atoms with Gasteiger partial charge in [-0.3, -0.25) is 9.69 Å². The fraction of sp³-hybridized carbons (Fsp3) is 0.500. The van der Waals surface area contributed by atoms with Crippen molar-refractivity contribution in [3.63, 3.8) is 0 Å². The van der Waals surface area contributed by atoms with Crippen LogP contribution in [0.4, 0.5) is 0 Å². The van der Waals surface area contributed by atoms with E-state index in [4.69, 9.17) is 0 Å². The summed E-state index contributed by atoms with van der Waals surface area (Å²) in [6, 6.07) is 13.2. The van der Waals surface area contributed by atoms with E-state index in [2.05, 4.69) is 40.1 Å². The van der Waals surface area contributed by atoms with Crippen molar-refractivity contribution in [2.75, 3.05) is 19.6 Å². The molecule has 4 atom stereocenters. The molecular formula is C22H27N3O. The molecule has 6 rings (SSSR count). The van der Waals surface area contributed by atoms with Crippen LogP contribution in [0.3, 0.4) is 0 Å². The van der Waals surface area contributed by atoms with E-state index in [9.17, 15) is 4.79 Å². The molecule has 3 aliphatic heterocycles. The van der Waals surface area contributed by atoms with E-state index in [1.54, 1.807) is 0 Å². The third-order valence-corrected chi connectivity index (χ3v) is 6.84. The lowest BCUT2D eigenvalue weighted by molar-refractivity contribution is -0.0144. The van der Waals surface area contributed by atoms with Crippen molar-refractivity contribution in [2.45, 2.75) is 25.4 Å². The van der Waals surface area contributed by atoms with Crippen molar-refractivity contribution in [2.24, 2.45) is 24.8 Å². The average molecular weight is 349 g/mol. The molecule has 1 amide bonds. The van der Waals surface area contributed by atoms with Gasteiger partial charge in [0, 0.05) is 51.7 Å². The molecule has 1 aromatic carbocycles. The molecule has 2 aromatic rings. The Bertz CT molecular complexity index is 799. The molecule has 4 unspecified atom stereocenters. The molecule has 4 heteroatoms. The maximum atomic E-state index is 13.1. The predicted octanol–water partition coefficient (Wildman–Crippen LogP) is 3.01. The number of carbonyl (C=O) groups excluding carboxylic acids is 1. The molecule has 1 saturated carbocycles. The lowest BCUT2D eigenvalue weighted by Crippen LogP contribution is -2.59. The Balaban J connectivity index is 1.33. The summed E-state index contributed by atoms with van der Waals surface area (Å²) in [6.45, 7) is 4.34. The zero-order valence-corrected chi connectivity index (χ0v) is 15.4. The Kier molecular flexibility index (Phi) is 3.89.